The van der Waals surface area contributed by atoms with Crippen molar-refractivity contribution >= 4 is 28.8 Å². The molecule has 3 aromatic rings. The molecule has 0 spiro atoms. The Hall–Kier alpha value is -3.68. The van der Waals surface area contributed by atoms with E-state index in [2.05, 4.69) is 4.98 Å². The highest BCUT2D eigenvalue weighted by molar-refractivity contribution is 6.11. The molecule has 3 amide bonds. The number of carbonyl (C=O) groups is 3. The second kappa shape index (κ2) is 8.76. The van der Waals surface area contributed by atoms with Gasteiger partial charge in [-0.2, -0.15) is 0 Å². The van der Waals surface area contributed by atoms with Gasteiger partial charge in [0.2, 0.25) is 17.7 Å². The van der Waals surface area contributed by atoms with E-state index in [-0.39, 0.29) is 42.5 Å². The second-order valence-corrected chi connectivity index (χ2v) is 10.2. The number of benzene rings is 2. The van der Waals surface area contributed by atoms with Crippen molar-refractivity contribution in [1.82, 2.24) is 14.8 Å². The second-order valence-electron chi connectivity index (χ2n) is 10.2. The lowest BCUT2D eigenvalue weighted by Crippen LogP contribution is -2.46. The maximum absolute atomic E-state index is 13.8. The number of rotatable bonds is 6. The molecule has 3 heterocycles. The average molecular weight is 488 g/mol. The number of piperidine rings is 1. The maximum atomic E-state index is 13.8. The molecule has 8 nitrogen and oxygen atoms in total. The highest BCUT2D eigenvalue weighted by Gasteiger charge is 2.57. The van der Waals surface area contributed by atoms with Crippen LogP contribution in [0.1, 0.15) is 55.9 Å². The zero-order chi connectivity index (χ0) is 24.9. The minimum atomic E-state index is -1.19. The molecule has 2 unspecified atom stereocenters. The quantitative estimate of drug-likeness (QED) is 0.491. The third-order valence-corrected chi connectivity index (χ3v) is 7.79. The zero-order valence-corrected chi connectivity index (χ0v) is 20.3. The summed E-state index contributed by atoms with van der Waals surface area (Å²) in [6.07, 6.45) is 3.36. The Morgan fingerprint density at radius 3 is 2.61 bits per heavy atom. The number of oxazole rings is 1. The molecule has 186 valence electrons. The molecule has 2 atom stereocenters. The normalized spacial score (nSPS) is 24.5. The van der Waals surface area contributed by atoms with Crippen LogP contribution in [-0.2, 0) is 19.8 Å². The van der Waals surface area contributed by atoms with Gasteiger partial charge in [0.25, 0.3) is 0 Å². The third kappa shape index (κ3) is 3.85. The summed E-state index contributed by atoms with van der Waals surface area (Å²) in [5.41, 5.74) is 1.05. The van der Waals surface area contributed by atoms with E-state index in [4.69, 9.17) is 9.15 Å². The number of ether oxygens (including phenoxy) is 1. The van der Waals surface area contributed by atoms with Gasteiger partial charge < -0.3 is 14.1 Å². The summed E-state index contributed by atoms with van der Waals surface area (Å²) in [5, 5.41) is 0. The molecule has 2 aliphatic heterocycles. The first-order valence-corrected chi connectivity index (χ1v) is 12.6. The summed E-state index contributed by atoms with van der Waals surface area (Å²) >= 11 is 0. The number of amides is 3. The lowest BCUT2D eigenvalue weighted by atomic mass is 9.75. The van der Waals surface area contributed by atoms with E-state index in [1.807, 2.05) is 41.3 Å². The average Bonchev–Trinajstić information content (AvgIpc) is 3.58. The van der Waals surface area contributed by atoms with Crippen molar-refractivity contribution in [3.05, 3.63) is 60.0 Å². The van der Waals surface area contributed by atoms with Crippen LogP contribution < -0.4 is 4.74 Å². The predicted molar refractivity (Wildman–Crippen MR) is 131 cm³/mol. The van der Waals surface area contributed by atoms with Crippen molar-refractivity contribution < 1.29 is 23.5 Å². The van der Waals surface area contributed by atoms with Crippen LogP contribution in [0.25, 0.3) is 11.1 Å². The minimum absolute atomic E-state index is 0.00379. The number of fused-ring (bicyclic) bond motifs is 1. The van der Waals surface area contributed by atoms with Crippen LogP contribution in [0.3, 0.4) is 0 Å². The summed E-state index contributed by atoms with van der Waals surface area (Å²) in [6.45, 7) is 1.10. The van der Waals surface area contributed by atoms with Crippen molar-refractivity contribution in [3.63, 3.8) is 0 Å². The molecule has 3 aliphatic rings. The van der Waals surface area contributed by atoms with Crippen LogP contribution in [0.4, 0.5) is 0 Å². The standard InChI is InChI=1S/C28H29N3O5/c1-35-21-12-8-19(9-13-21)28(16-25(33)31(27(28)34)20-10-11-20)15-24(32)30-14-4-5-18(17-30)26-29-22-6-2-3-7-23(22)36-26/h2-3,6-9,12-13,18,20H,4-5,10-11,14-17H2,1H3. The summed E-state index contributed by atoms with van der Waals surface area (Å²) in [6, 6.07) is 14.8. The highest BCUT2D eigenvalue weighted by Crippen LogP contribution is 2.45. The van der Waals surface area contributed by atoms with Crippen LogP contribution in [0.15, 0.2) is 52.9 Å². The fourth-order valence-corrected chi connectivity index (χ4v) is 5.68. The molecule has 3 fully saturated rings. The predicted octanol–water partition coefficient (Wildman–Crippen LogP) is 3.79. The zero-order valence-electron chi connectivity index (χ0n) is 20.3. The van der Waals surface area contributed by atoms with E-state index in [0.29, 0.717) is 30.3 Å². The molecule has 1 aromatic heterocycles. The molecule has 6 rings (SSSR count). The molecule has 0 N–H and O–H groups in total. The lowest BCUT2D eigenvalue weighted by Gasteiger charge is -2.34. The molecular weight excluding hydrogens is 458 g/mol. The van der Waals surface area contributed by atoms with Crippen LogP contribution in [0, 0.1) is 0 Å². The number of imide groups is 1. The van der Waals surface area contributed by atoms with E-state index in [0.717, 1.165) is 36.8 Å². The SMILES string of the molecule is COc1ccc(C2(CC(=O)N3CCCC(c4nc5ccccc5o4)C3)CC(=O)N(C3CC3)C2=O)cc1. The topological polar surface area (TPSA) is 92.9 Å². The van der Waals surface area contributed by atoms with Crippen LogP contribution in [0.5, 0.6) is 5.75 Å². The Kier molecular flexibility index (Phi) is 5.54. The van der Waals surface area contributed by atoms with Crippen LogP contribution >= 0.6 is 0 Å². The molecule has 1 aliphatic carbocycles. The highest BCUT2D eigenvalue weighted by atomic mass is 16.5. The first-order chi connectivity index (χ1) is 17.5. The Bertz CT molecular complexity index is 1300. The molecule has 36 heavy (non-hydrogen) atoms. The number of methoxy groups -OCH3 is 1. The largest absolute Gasteiger partial charge is 0.497 e. The van der Waals surface area contributed by atoms with Gasteiger partial charge in [0, 0.05) is 32.0 Å². The van der Waals surface area contributed by atoms with Gasteiger partial charge in [-0.05, 0) is 55.5 Å². The van der Waals surface area contributed by atoms with E-state index in [9.17, 15) is 14.4 Å². The van der Waals surface area contributed by atoms with E-state index in [1.165, 1.54) is 4.90 Å². The number of likely N-dealkylation sites (tertiary alicyclic amines) is 2. The van der Waals surface area contributed by atoms with Crippen molar-refractivity contribution in [3.8, 4) is 5.75 Å². The fourth-order valence-electron chi connectivity index (χ4n) is 5.68. The molecular formula is C28H29N3O5. The van der Waals surface area contributed by atoms with Gasteiger partial charge in [0.15, 0.2) is 11.5 Å². The number of para-hydroxylation sites is 2. The number of hydrogen-bond acceptors (Lipinski definition) is 6. The Morgan fingerprint density at radius 2 is 1.89 bits per heavy atom. The smallest absolute Gasteiger partial charge is 0.241 e. The molecule has 0 radical (unpaired) electrons. The molecule has 2 aromatic carbocycles. The molecule has 1 saturated carbocycles. The monoisotopic (exact) mass is 487 g/mol. The van der Waals surface area contributed by atoms with Gasteiger partial charge in [0.1, 0.15) is 11.3 Å². The lowest BCUT2D eigenvalue weighted by molar-refractivity contribution is -0.143. The Labute approximate surface area is 209 Å². The summed E-state index contributed by atoms with van der Waals surface area (Å²) < 4.78 is 11.3. The van der Waals surface area contributed by atoms with Crippen LogP contribution in [0.2, 0.25) is 0 Å². The number of nitrogens with zero attached hydrogens (tertiary/aromatic N) is 3. The summed E-state index contributed by atoms with van der Waals surface area (Å²) in [7, 11) is 1.58. The maximum Gasteiger partial charge on any atom is 0.241 e. The van der Waals surface area contributed by atoms with Gasteiger partial charge in [0.05, 0.1) is 18.4 Å². The van der Waals surface area contributed by atoms with Crippen LogP contribution in [-0.4, -0.2) is 58.7 Å². The van der Waals surface area contributed by atoms with Crippen molar-refractivity contribution in [2.24, 2.45) is 0 Å². The Balaban J connectivity index is 1.27. The minimum Gasteiger partial charge on any atom is -0.497 e. The molecule has 8 heteroatoms. The number of aromatic nitrogens is 1. The first-order valence-electron chi connectivity index (χ1n) is 12.6. The third-order valence-electron chi connectivity index (χ3n) is 7.79. The van der Waals surface area contributed by atoms with E-state index >= 15 is 0 Å². The van der Waals surface area contributed by atoms with Crippen molar-refractivity contribution in [1.29, 1.82) is 0 Å². The van der Waals surface area contributed by atoms with Gasteiger partial charge >= 0.3 is 0 Å². The molecule has 2 saturated heterocycles. The summed E-state index contributed by atoms with van der Waals surface area (Å²) in [5.74, 6) is 0.746. The van der Waals surface area contributed by atoms with E-state index < -0.39 is 5.41 Å². The number of carbonyl (C=O) groups excluding carboxylic acids is 3. The summed E-state index contributed by atoms with van der Waals surface area (Å²) in [4.78, 5) is 48.3. The Morgan fingerprint density at radius 1 is 1.11 bits per heavy atom. The van der Waals surface area contributed by atoms with Gasteiger partial charge in [-0.1, -0.05) is 24.3 Å². The van der Waals surface area contributed by atoms with Gasteiger partial charge in [-0.15, -0.1) is 0 Å². The molecule has 0 bridgehead atoms. The van der Waals surface area contributed by atoms with Crippen molar-refractivity contribution in [2.75, 3.05) is 20.2 Å². The van der Waals surface area contributed by atoms with E-state index in [1.54, 1.807) is 19.2 Å². The first kappa shape index (κ1) is 22.8. The number of hydrogen-bond donors (Lipinski definition) is 0. The fraction of sp³-hybridized carbons (Fsp3) is 0.429. The van der Waals surface area contributed by atoms with Gasteiger partial charge in [-0.3, -0.25) is 19.3 Å². The van der Waals surface area contributed by atoms with Crippen molar-refractivity contribution in [2.45, 2.75) is 55.9 Å². The van der Waals surface area contributed by atoms with Gasteiger partial charge in [-0.25, -0.2) is 4.98 Å².